The number of nitrogens with two attached hydrogens (primary N) is 1. The second kappa shape index (κ2) is 10.1. The molecule has 0 aliphatic carbocycles. The van der Waals surface area contributed by atoms with Gasteiger partial charge in [0.1, 0.15) is 0 Å². The van der Waals surface area contributed by atoms with Gasteiger partial charge in [-0.2, -0.15) is 0 Å². The molecule has 0 heterocycles. The summed E-state index contributed by atoms with van der Waals surface area (Å²) in [6.07, 6.45) is 0.422. The lowest BCUT2D eigenvalue weighted by Gasteiger charge is -2.19. The van der Waals surface area contributed by atoms with Gasteiger partial charge in [-0.1, -0.05) is 6.92 Å². The number of amides is 1. The summed E-state index contributed by atoms with van der Waals surface area (Å²) in [4.78, 5) is 12.6. The summed E-state index contributed by atoms with van der Waals surface area (Å²) < 4.78 is 0. The third-order valence-electron chi connectivity index (χ3n) is 1.49. The molecule has 0 saturated heterocycles. The highest BCUT2D eigenvalue weighted by Gasteiger charge is 2.04. The molecule has 1 amide bonds. The van der Waals surface area contributed by atoms with Gasteiger partial charge in [0.25, 0.3) is 0 Å². The van der Waals surface area contributed by atoms with E-state index in [1.165, 1.54) is 0 Å². The van der Waals surface area contributed by atoms with E-state index in [0.29, 0.717) is 13.0 Å². The number of carbonyl (C=O) groups is 1. The smallest absolute Gasteiger partial charge is 0.219 e. The molecule has 0 aliphatic rings. The predicted octanol–water partition coefficient (Wildman–Crippen LogP) is 0.203. The zero-order valence-corrected chi connectivity index (χ0v) is 9.87. The van der Waals surface area contributed by atoms with Crippen molar-refractivity contribution in [3.63, 3.8) is 0 Å². The molecule has 0 fully saturated rings. The Morgan fingerprint density at radius 2 is 1.92 bits per heavy atom. The Hall–Kier alpha value is -0.0300. The van der Waals surface area contributed by atoms with E-state index in [-0.39, 0.29) is 36.9 Å². The molecule has 0 aliphatic heterocycles. The van der Waals surface area contributed by atoms with Crippen molar-refractivity contribution in [2.45, 2.75) is 19.5 Å². The zero-order chi connectivity index (χ0) is 8.85. The predicted molar refractivity (Wildman–Crippen MR) is 59.5 cm³/mol. The van der Waals surface area contributed by atoms with Crippen LogP contribution in [-0.4, -0.2) is 37.6 Å². The van der Waals surface area contributed by atoms with Gasteiger partial charge in [-0.05, 0) is 14.1 Å². The van der Waals surface area contributed by atoms with E-state index >= 15 is 0 Å². The summed E-state index contributed by atoms with van der Waals surface area (Å²) in [7, 11) is 3.76. The van der Waals surface area contributed by atoms with Gasteiger partial charge in [0.2, 0.25) is 5.91 Å². The Morgan fingerprint density at radius 1 is 1.46 bits per heavy atom. The summed E-state index contributed by atoms with van der Waals surface area (Å²) in [5.74, 6) is 0.0438. The molecule has 0 bridgehead atoms. The summed E-state index contributed by atoms with van der Waals surface area (Å²) in [6.45, 7) is 2.33. The van der Waals surface area contributed by atoms with Crippen LogP contribution >= 0.6 is 24.8 Å². The Bertz CT molecular complexity index is 133. The summed E-state index contributed by atoms with van der Waals surface area (Å²) in [6, 6.07) is 0. The van der Waals surface area contributed by atoms with Crippen LogP contribution < -0.4 is 11.1 Å². The lowest BCUT2D eigenvalue weighted by Crippen LogP contribution is -2.45. The van der Waals surface area contributed by atoms with Crippen molar-refractivity contribution in [1.82, 2.24) is 10.2 Å². The summed E-state index contributed by atoms with van der Waals surface area (Å²) in [5, 5.41) is 2.71. The highest BCUT2D eigenvalue weighted by atomic mass is 35.5. The fourth-order valence-corrected chi connectivity index (χ4v) is 0.526. The second-order valence-corrected chi connectivity index (χ2v) is 2.69. The Labute approximate surface area is 92.0 Å². The number of hydrogen-bond donors (Lipinski definition) is 2. The average molecular weight is 232 g/mol. The van der Waals surface area contributed by atoms with Crippen LogP contribution in [0.4, 0.5) is 0 Å². The largest absolute Gasteiger partial charge is 0.353 e. The van der Waals surface area contributed by atoms with E-state index in [9.17, 15) is 4.79 Å². The van der Waals surface area contributed by atoms with Crippen LogP contribution in [0.1, 0.15) is 13.3 Å². The molecule has 0 rings (SSSR count). The van der Waals surface area contributed by atoms with Gasteiger partial charge < -0.3 is 11.1 Å². The van der Waals surface area contributed by atoms with Crippen molar-refractivity contribution >= 4 is 30.7 Å². The minimum atomic E-state index is -0.0921. The number of likely N-dealkylation sites (N-methyl/N-ethyl adjacent to an activating group) is 1. The first-order valence-corrected chi connectivity index (χ1v) is 3.76. The highest BCUT2D eigenvalue weighted by molar-refractivity contribution is 5.85. The maximum atomic E-state index is 10.8. The Balaban J connectivity index is -0.000000500. The Morgan fingerprint density at radius 3 is 2.23 bits per heavy atom. The third-order valence-corrected chi connectivity index (χ3v) is 1.49. The number of carbonyl (C=O) groups excluding carboxylic acids is 1. The number of nitrogens with zero attached hydrogens (tertiary/aromatic N) is 1. The van der Waals surface area contributed by atoms with Crippen molar-refractivity contribution in [2.75, 3.05) is 20.6 Å². The molecule has 6 heteroatoms. The Kier molecular flexibility index (Phi) is 14.5. The van der Waals surface area contributed by atoms with Gasteiger partial charge in [-0.3, -0.25) is 9.69 Å². The summed E-state index contributed by atoms with van der Waals surface area (Å²) in [5.41, 5.74) is 5.63. The zero-order valence-electron chi connectivity index (χ0n) is 8.24. The van der Waals surface area contributed by atoms with Crippen LogP contribution in [0, 0.1) is 0 Å². The van der Waals surface area contributed by atoms with Crippen molar-refractivity contribution in [2.24, 2.45) is 5.73 Å². The molecule has 0 radical (unpaired) electrons. The van der Waals surface area contributed by atoms with Crippen molar-refractivity contribution in [3.05, 3.63) is 0 Å². The van der Waals surface area contributed by atoms with Crippen LogP contribution in [0.25, 0.3) is 0 Å². The van der Waals surface area contributed by atoms with Crippen LogP contribution in [0.2, 0.25) is 0 Å². The van der Waals surface area contributed by atoms with E-state index in [0.717, 1.165) is 0 Å². The molecule has 0 aromatic carbocycles. The number of halogens is 2. The topological polar surface area (TPSA) is 58.4 Å². The van der Waals surface area contributed by atoms with Crippen molar-refractivity contribution < 1.29 is 4.79 Å². The molecule has 0 saturated carbocycles. The molecule has 4 nitrogen and oxygen atoms in total. The normalized spacial score (nSPS) is 11.2. The van der Waals surface area contributed by atoms with Gasteiger partial charge in [-0.15, -0.1) is 24.8 Å². The molecule has 3 N–H and O–H groups in total. The maximum absolute atomic E-state index is 10.8. The molecular formula is C7H19Cl2N3O. The van der Waals surface area contributed by atoms with Crippen molar-refractivity contribution in [3.8, 4) is 0 Å². The van der Waals surface area contributed by atoms with Gasteiger partial charge in [-0.25, -0.2) is 0 Å². The van der Waals surface area contributed by atoms with E-state index in [1.807, 2.05) is 25.9 Å². The number of rotatable bonds is 4. The van der Waals surface area contributed by atoms with E-state index in [4.69, 9.17) is 5.73 Å². The average Bonchev–Trinajstić information content (AvgIpc) is 1.99. The van der Waals surface area contributed by atoms with Gasteiger partial charge >= 0.3 is 0 Å². The molecular weight excluding hydrogens is 213 g/mol. The van der Waals surface area contributed by atoms with Crippen LogP contribution in [-0.2, 0) is 4.79 Å². The van der Waals surface area contributed by atoms with E-state index < -0.39 is 0 Å². The molecule has 0 aromatic heterocycles. The molecule has 0 aromatic rings. The molecule has 13 heavy (non-hydrogen) atoms. The van der Waals surface area contributed by atoms with Crippen molar-refractivity contribution in [1.29, 1.82) is 0 Å². The maximum Gasteiger partial charge on any atom is 0.219 e. The standard InChI is InChI=1S/C7H17N3O.2ClH/c1-4-7(11)9-5-6(8)10(2)3;;/h6H,4-5,8H2,1-3H3,(H,9,11);2*1H/t6-;;/m1../s1. The van der Waals surface area contributed by atoms with Crippen LogP contribution in [0.5, 0.6) is 0 Å². The SMILES string of the molecule is CCC(=O)NC[C@H](N)N(C)C.Cl.Cl. The van der Waals surface area contributed by atoms with Gasteiger partial charge in [0.15, 0.2) is 0 Å². The number of hydrogen-bond acceptors (Lipinski definition) is 3. The first-order chi connectivity index (χ1) is 5.07. The summed E-state index contributed by atoms with van der Waals surface area (Å²) >= 11 is 0. The molecule has 82 valence electrons. The van der Waals surface area contributed by atoms with Crippen LogP contribution in [0.15, 0.2) is 0 Å². The second-order valence-electron chi connectivity index (χ2n) is 2.69. The quantitative estimate of drug-likeness (QED) is 0.681. The fraction of sp³-hybridized carbons (Fsp3) is 0.857. The number of nitrogens with one attached hydrogen (secondary N) is 1. The van der Waals surface area contributed by atoms with Crippen LogP contribution in [0.3, 0.4) is 0 Å². The molecule has 0 unspecified atom stereocenters. The third kappa shape index (κ3) is 9.89. The lowest BCUT2D eigenvalue weighted by molar-refractivity contribution is -0.120. The molecule has 0 spiro atoms. The van der Waals surface area contributed by atoms with E-state index in [2.05, 4.69) is 5.32 Å². The van der Waals surface area contributed by atoms with Gasteiger partial charge in [0, 0.05) is 13.0 Å². The van der Waals surface area contributed by atoms with E-state index in [1.54, 1.807) is 0 Å². The lowest BCUT2D eigenvalue weighted by atomic mass is 10.4. The highest BCUT2D eigenvalue weighted by Crippen LogP contribution is 1.81. The van der Waals surface area contributed by atoms with Gasteiger partial charge in [0.05, 0.1) is 6.17 Å². The monoisotopic (exact) mass is 231 g/mol. The fourth-order valence-electron chi connectivity index (χ4n) is 0.526. The first-order valence-electron chi connectivity index (χ1n) is 3.76. The minimum Gasteiger partial charge on any atom is -0.353 e. The minimum absolute atomic E-state index is 0. The molecule has 1 atom stereocenters. The first kappa shape index (κ1) is 18.7.